The standard InChI is InChI=1S/C6H12N4O2S/c1-13(11,12)3-2-10-6(8)4-5(7)9-10/h4H,2-3,8H2,1H3,(H2,7,9). The highest BCUT2D eigenvalue weighted by atomic mass is 32.2. The lowest BCUT2D eigenvalue weighted by Crippen LogP contribution is -2.14. The minimum atomic E-state index is -2.99. The third-order valence-electron chi connectivity index (χ3n) is 1.50. The highest BCUT2D eigenvalue weighted by Gasteiger charge is 2.06. The molecule has 6 nitrogen and oxygen atoms in total. The molecule has 4 N–H and O–H groups in total. The second kappa shape index (κ2) is 3.25. The molecule has 0 saturated carbocycles. The van der Waals surface area contributed by atoms with Crippen molar-refractivity contribution in [1.82, 2.24) is 9.78 Å². The van der Waals surface area contributed by atoms with E-state index in [2.05, 4.69) is 5.10 Å². The Morgan fingerprint density at radius 3 is 2.54 bits per heavy atom. The Morgan fingerprint density at radius 2 is 2.15 bits per heavy atom. The minimum absolute atomic E-state index is 0.0122. The van der Waals surface area contributed by atoms with Crippen LogP contribution >= 0.6 is 0 Å². The predicted molar refractivity (Wildman–Crippen MR) is 50.8 cm³/mol. The lowest BCUT2D eigenvalue weighted by Gasteiger charge is -2.01. The van der Waals surface area contributed by atoms with Gasteiger partial charge in [0.1, 0.15) is 21.5 Å². The molecule has 0 amide bonds. The van der Waals surface area contributed by atoms with Crippen LogP contribution in [0.15, 0.2) is 6.07 Å². The fraction of sp³-hybridized carbons (Fsp3) is 0.500. The molecule has 0 radical (unpaired) electrons. The van der Waals surface area contributed by atoms with Gasteiger partial charge >= 0.3 is 0 Å². The summed E-state index contributed by atoms with van der Waals surface area (Å²) in [5, 5.41) is 3.82. The number of aryl methyl sites for hydroxylation is 1. The molecule has 13 heavy (non-hydrogen) atoms. The fourth-order valence-corrected chi connectivity index (χ4v) is 1.39. The van der Waals surface area contributed by atoms with Crippen molar-refractivity contribution in [3.05, 3.63) is 6.07 Å². The second-order valence-electron chi connectivity index (χ2n) is 2.85. The summed E-state index contributed by atoms with van der Waals surface area (Å²) in [7, 11) is -2.99. The quantitative estimate of drug-likeness (QED) is 0.663. The number of rotatable bonds is 3. The molecule has 0 atom stereocenters. The van der Waals surface area contributed by atoms with Crippen LogP contribution in [-0.2, 0) is 16.4 Å². The van der Waals surface area contributed by atoms with Crippen LogP contribution in [0.5, 0.6) is 0 Å². The van der Waals surface area contributed by atoms with Crippen LogP contribution in [0, 0.1) is 0 Å². The molecule has 0 aliphatic rings. The first kappa shape index (κ1) is 9.85. The molecule has 1 heterocycles. The van der Waals surface area contributed by atoms with Gasteiger partial charge in [-0.3, -0.25) is 0 Å². The van der Waals surface area contributed by atoms with Gasteiger partial charge in [-0.1, -0.05) is 0 Å². The molecule has 0 aliphatic carbocycles. The van der Waals surface area contributed by atoms with Crippen LogP contribution in [0.25, 0.3) is 0 Å². The van der Waals surface area contributed by atoms with Gasteiger partial charge in [0.05, 0.1) is 12.3 Å². The lowest BCUT2D eigenvalue weighted by molar-refractivity contribution is 0.588. The molecule has 0 bridgehead atoms. The Kier molecular flexibility index (Phi) is 2.46. The van der Waals surface area contributed by atoms with E-state index in [4.69, 9.17) is 11.5 Å². The number of sulfone groups is 1. The van der Waals surface area contributed by atoms with E-state index in [0.29, 0.717) is 11.6 Å². The van der Waals surface area contributed by atoms with Crippen molar-refractivity contribution in [2.75, 3.05) is 23.5 Å². The number of nitrogen functional groups attached to an aromatic ring is 2. The van der Waals surface area contributed by atoms with Gasteiger partial charge in [-0.05, 0) is 0 Å². The van der Waals surface area contributed by atoms with Crippen LogP contribution < -0.4 is 11.5 Å². The van der Waals surface area contributed by atoms with E-state index in [-0.39, 0.29) is 12.3 Å². The zero-order valence-electron chi connectivity index (χ0n) is 7.27. The van der Waals surface area contributed by atoms with Crippen molar-refractivity contribution in [1.29, 1.82) is 0 Å². The predicted octanol–water partition coefficient (Wildman–Crippen LogP) is -0.908. The zero-order chi connectivity index (χ0) is 10.1. The number of hydrogen-bond acceptors (Lipinski definition) is 5. The molecule has 1 aromatic rings. The summed E-state index contributed by atoms with van der Waals surface area (Å²) in [5.41, 5.74) is 10.9. The van der Waals surface area contributed by atoms with Gasteiger partial charge in [-0.15, -0.1) is 0 Å². The number of hydrogen-bond donors (Lipinski definition) is 2. The molecular weight excluding hydrogens is 192 g/mol. The first-order valence-corrected chi connectivity index (χ1v) is 5.71. The van der Waals surface area contributed by atoms with Gasteiger partial charge < -0.3 is 11.5 Å². The van der Waals surface area contributed by atoms with Crippen molar-refractivity contribution < 1.29 is 8.42 Å². The number of nitrogens with zero attached hydrogens (tertiary/aromatic N) is 2. The van der Waals surface area contributed by atoms with E-state index in [1.807, 2.05) is 0 Å². The van der Waals surface area contributed by atoms with E-state index >= 15 is 0 Å². The average molecular weight is 204 g/mol. The maximum absolute atomic E-state index is 10.8. The Labute approximate surface area is 76.4 Å². The molecule has 0 aromatic carbocycles. The molecule has 7 heteroatoms. The molecule has 0 saturated heterocycles. The summed E-state index contributed by atoms with van der Waals surface area (Å²) < 4.78 is 23.0. The van der Waals surface area contributed by atoms with E-state index < -0.39 is 9.84 Å². The molecular formula is C6H12N4O2S. The topological polar surface area (TPSA) is 104 Å². The van der Waals surface area contributed by atoms with Gasteiger partial charge in [0, 0.05) is 12.3 Å². The molecule has 0 fully saturated rings. The largest absolute Gasteiger partial charge is 0.384 e. The Balaban J connectivity index is 2.70. The lowest BCUT2D eigenvalue weighted by atomic mass is 10.6. The molecule has 1 rings (SSSR count). The molecule has 0 spiro atoms. The SMILES string of the molecule is CS(=O)(=O)CCn1nc(N)cc1N. The maximum atomic E-state index is 10.8. The monoisotopic (exact) mass is 204 g/mol. The van der Waals surface area contributed by atoms with Gasteiger partial charge in [-0.2, -0.15) is 5.10 Å². The summed E-state index contributed by atoms with van der Waals surface area (Å²) in [6.07, 6.45) is 1.16. The third kappa shape index (κ3) is 2.94. The van der Waals surface area contributed by atoms with Gasteiger partial charge in [0.15, 0.2) is 0 Å². The second-order valence-corrected chi connectivity index (χ2v) is 5.11. The summed E-state index contributed by atoms with van der Waals surface area (Å²) in [6.45, 7) is 0.238. The average Bonchev–Trinajstić information content (AvgIpc) is 2.24. The summed E-state index contributed by atoms with van der Waals surface area (Å²) in [6, 6.07) is 1.49. The van der Waals surface area contributed by atoms with E-state index in [0.717, 1.165) is 6.26 Å². The van der Waals surface area contributed by atoms with Gasteiger partial charge in [0.25, 0.3) is 0 Å². The van der Waals surface area contributed by atoms with Crippen molar-refractivity contribution in [3.63, 3.8) is 0 Å². The smallest absolute Gasteiger partial charge is 0.149 e. The number of aromatic nitrogens is 2. The van der Waals surface area contributed by atoms with Crippen LogP contribution in [0.3, 0.4) is 0 Å². The molecule has 0 unspecified atom stereocenters. The Hall–Kier alpha value is -1.24. The first-order valence-electron chi connectivity index (χ1n) is 3.65. The number of nitrogens with two attached hydrogens (primary N) is 2. The molecule has 74 valence electrons. The van der Waals surface area contributed by atoms with Crippen LogP contribution in [0.4, 0.5) is 11.6 Å². The van der Waals surface area contributed by atoms with E-state index in [9.17, 15) is 8.42 Å². The molecule has 1 aromatic heterocycles. The van der Waals surface area contributed by atoms with Gasteiger partial charge in [0.2, 0.25) is 0 Å². The Bertz CT molecular complexity index is 395. The number of anilines is 2. The normalized spacial score (nSPS) is 11.8. The van der Waals surface area contributed by atoms with Crippen LogP contribution in [0.2, 0.25) is 0 Å². The maximum Gasteiger partial charge on any atom is 0.149 e. The van der Waals surface area contributed by atoms with Gasteiger partial charge in [-0.25, -0.2) is 13.1 Å². The third-order valence-corrected chi connectivity index (χ3v) is 2.43. The summed E-state index contributed by atoms with van der Waals surface area (Å²) in [4.78, 5) is 0. The zero-order valence-corrected chi connectivity index (χ0v) is 8.08. The van der Waals surface area contributed by atoms with Crippen LogP contribution in [0.1, 0.15) is 0 Å². The first-order chi connectivity index (χ1) is 5.88. The minimum Gasteiger partial charge on any atom is -0.384 e. The fourth-order valence-electron chi connectivity index (χ4n) is 0.883. The highest BCUT2D eigenvalue weighted by molar-refractivity contribution is 7.90. The molecule has 0 aliphatic heterocycles. The van der Waals surface area contributed by atoms with E-state index in [1.54, 1.807) is 0 Å². The van der Waals surface area contributed by atoms with Crippen molar-refractivity contribution in [2.45, 2.75) is 6.54 Å². The van der Waals surface area contributed by atoms with Crippen LogP contribution in [-0.4, -0.2) is 30.2 Å². The summed E-state index contributed by atoms with van der Waals surface area (Å²) in [5.74, 6) is 0.686. The Morgan fingerprint density at radius 1 is 1.54 bits per heavy atom. The van der Waals surface area contributed by atoms with Crippen molar-refractivity contribution in [3.8, 4) is 0 Å². The van der Waals surface area contributed by atoms with Crippen molar-refractivity contribution in [2.24, 2.45) is 0 Å². The van der Waals surface area contributed by atoms with Crippen molar-refractivity contribution >= 4 is 21.5 Å². The highest BCUT2D eigenvalue weighted by Crippen LogP contribution is 2.07. The summed E-state index contributed by atoms with van der Waals surface area (Å²) >= 11 is 0. The van der Waals surface area contributed by atoms with E-state index in [1.165, 1.54) is 10.7 Å².